The number of hydrogen-bond acceptors (Lipinski definition) is 2. The van der Waals surface area contributed by atoms with Crippen molar-refractivity contribution in [2.45, 2.75) is 18.3 Å². The topological polar surface area (TPSA) is 40.5 Å². The highest BCUT2D eigenvalue weighted by atomic mass is 79.9. The molecule has 0 atom stereocenters. The summed E-state index contributed by atoms with van der Waals surface area (Å²) in [6.07, 6.45) is 1.39. The molecular formula is C17H16Br2O2. The van der Waals surface area contributed by atoms with Crippen LogP contribution in [0.25, 0.3) is 11.1 Å². The van der Waals surface area contributed by atoms with Crippen molar-refractivity contribution < 1.29 is 10.2 Å². The molecule has 110 valence electrons. The second kappa shape index (κ2) is 5.84. The van der Waals surface area contributed by atoms with Crippen molar-refractivity contribution in [3.05, 3.63) is 56.5 Å². The van der Waals surface area contributed by atoms with Gasteiger partial charge in [0.25, 0.3) is 0 Å². The van der Waals surface area contributed by atoms with Crippen LogP contribution in [0.2, 0.25) is 0 Å². The first-order chi connectivity index (χ1) is 10.1. The molecule has 2 N–H and O–H groups in total. The van der Waals surface area contributed by atoms with Gasteiger partial charge in [0.15, 0.2) is 0 Å². The largest absolute Gasteiger partial charge is 0.396 e. The molecule has 0 heterocycles. The van der Waals surface area contributed by atoms with E-state index in [1.807, 2.05) is 12.1 Å². The first-order valence-electron chi connectivity index (χ1n) is 6.94. The van der Waals surface area contributed by atoms with Gasteiger partial charge in [-0.25, -0.2) is 0 Å². The fraction of sp³-hybridized carbons (Fsp3) is 0.294. The zero-order valence-electron chi connectivity index (χ0n) is 11.4. The van der Waals surface area contributed by atoms with Gasteiger partial charge < -0.3 is 10.2 Å². The molecule has 0 amide bonds. The molecule has 3 rings (SSSR count). The van der Waals surface area contributed by atoms with E-state index in [-0.39, 0.29) is 13.2 Å². The molecule has 0 fully saturated rings. The van der Waals surface area contributed by atoms with Crippen LogP contribution in [0.3, 0.4) is 0 Å². The van der Waals surface area contributed by atoms with Gasteiger partial charge in [-0.15, -0.1) is 0 Å². The van der Waals surface area contributed by atoms with Crippen molar-refractivity contribution in [1.82, 2.24) is 0 Å². The molecule has 4 heteroatoms. The summed E-state index contributed by atoms with van der Waals surface area (Å²) in [6, 6.07) is 12.5. The monoisotopic (exact) mass is 410 g/mol. The Bertz CT molecular complexity index is 631. The predicted octanol–water partition coefficient (Wildman–Crippen LogP) is 4.24. The predicted molar refractivity (Wildman–Crippen MR) is 91.5 cm³/mol. The normalized spacial score (nSPS) is 14.9. The van der Waals surface area contributed by atoms with Gasteiger partial charge in [0.1, 0.15) is 0 Å². The van der Waals surface area contributed by atoms with E-state index in [4.69, 9.17) is 0 Å². The average molecular weight is 412 g/mol. The summed E-state index contributed by atoms with van der Waals surface area (Å²) in [6.45, 7) is 0.175. The second-order valence-corrected chi connectivity index (χ2v) is 7.28. The SMILES string of the molecule is OCCCC1(CO)c2cc(Br)ccc2-c2ccc(Br)cc21. The lowest BCUT2D eigenvalue weighted by atomic mass is 9.75. The first-order valence-corrected chi connectivity index (χ1v) is 8.53. The molecule has 2 nitrogen and oxygen atoms in total. The van der Waals surface area contributed by atoms with Crippen molar-refractivity contribution in [2.24, 2.45) is 0 Å². The Morgan fingerprint density at radius 3 is 1.81 bits per heavy atom. The fourth-order valence-corrected chi connectivity index (χ4v) is 4.06. The van der Waals surface area contributed by atoms with Gasteiger partial charge in [0.05, 0.1) is 6.61 Å². The van der Waals surface area contributed by atoms with E-state index in [0.29, 0.717) is 6.42 Å². The van der Waals surface area contributed by atoms with Crippen LogP contribution in [0.5, 0.6) is 0 Å². The number of rotatable bonds is 4. The van der Waals surface area contributed by atoms with E-state index in [2.05, 4.69) is 56.1 Å². The second-order valence-electron chi connectivity index (χ2n) is 5.45. The summed E-state index contributed by atoms with van der Waals surface area (Å²) in [7, 11) is 0. The van der Waals surface area contributed by atoms with Crippen molar-refractivity contribution in [3.8, 4) is 11.1 Å². The quantitative estimate of drug-likeness (QED) is 0.789. The minimum Gasteiger partial charge on any atom is -0.396 e. The minimum absolute atomic E-state index is 0.0416. The number of aliphatic hydroxyl groups is 2. The summed E-state index contributed by atoms with van der Waals surface area (Å²) < 4.78 is 2.02. The third-order valence-corrected chi connectivity index (χ3v) is 5.30. The number of aliphatic hydroxyl groups excluding tert-OH is 2. The fourth-order valence-electron chi connectivity index (χ4n) is 3.34. The van der Waals surface area contributed by atoms with E-state index in [9.17, 15) is 10.2 Å². The van der Waals surface area contributed by atoms with Gasteiger partial charge in [-0.2, -0.15) is 0 Å². The average Bonchev–Trinajstić information content (AvgIpc) is 2.74. The summed E-state index contributed by atoms with van der Waals surface area (Å²) in [5.74, 6) is 0. The molecule has 0 radical (unpaired) electrons. The molecule has 0 spiro atoms. The first kappa shape index (κ1) is 15.2. The highest BCUT2D eigenvalue weighted by Gasteiger charge is 2.42. The Kier molecular flexibility index (Phi) is 4.23. The molecule has 2 aromatic carbocycles. The van der Waals surface area contributed by atoms with Gasteiger partial charge in [0.2, 0.25) is 0 Å². The van der Waals surface area contributed by atoms with E-state index < -0.39 is 5.41 Å². The van der Waals surface area contributed by atoms with Gasteiger partial charge in [-0.3, -0.25) is 0 Å². The Labute approximate surface area is 141 Å². The van der Waals surface area contributed by atoms with E-state index in [0.717, 1.165) is 26.5 Å². The number of fused-ring (bicyclic) bond motifs is 3. The van der Waals surface area contributed by atoms with Crippen LogP contribution in [0.15, 0.2) is 45.3 Å². The molecule has 21 heavy (non-hydrogen) atoms. The number of hydrogen-bond donors (Lipinski definition) is 2. The number of halogens is 2. The van der Waals surface area contributed by atoms with Crippen LogP contribution in [-0.2, 0) is 5.41 Å². The summed E-state index contributed by atoms with van der Waals surface area (Å²) in [5, 5.41) is 19.4. The van der Waals surface area contributed by atoms with E-state index >= 15 is 0 Å². The molecule has 0 unspecified atom stereocenters. The number of benzene rings is 2. The third kappa shape index (κ3) is 2.38. The molecule has 0 aliphatic heterocycles. The molecule has 0 aromatic heterocycles. The molecule has 1 aliphatic rings. The third-order valence-electron chi connectivity index (χ3n) is 4.32. The highest BCUT2D eigenvalue weighted by molar-refractivity contribution is 9.10. The van der Waals surface area contributed by atoms with Crippen molar-refractivity contribution in [2.75, 3.05) is 13.2 Å². The maximum absolute atomic E-state index is 10.2. The van der Waals surface area contributed by atoms with Crippen molar-refractivity contribution >= 4 is 31.9 Å². The highest BCUT2D eigenvalue weighted by Crippen LogP contribution is 2.52. The molecule has 0 bridgehead atoms. The Balaban J connectivity index is 2.27. The van der Waals surface area contributed by atoms with Crippen LogP contribution in [0.1, 0.15) is 24.0 Å². The van der Waals surface area contributed by atoms with Crippen LogP contribution in [0.4, 0.5) is 0 Å². The maximum Gasteiger partial charge on any atom is 0.0569 e. The lowest BCUT2D eigenvalue weighted by Crippen LogP contribution is -2.30. The molecule has 2 aromatic rings. The molecular weight excluding hydrogens is 396 g/mol. The van der Waals surface area contributed by atoms with Gasteiger partial charge in [0, 0.05) is 21.0 Å². The van der Waals surface area contributed by atoms with Gasteiger partial charge >= 0.3 is 0 Å². The lowest BCUT2D eigenvalue weighted by molar-refractivity contribution is 0.197. The van der Waals surface area contributed by atoms with Crippen LogP contribution >= 0.6 is 31.9 Å². The van der Waals surface area contributed by atoms with Crippen molar-refractivity contribution in [1.29, 1.82) is 0 Å². The molecule has 0 saturated carbocycles. The van der Waals surface area contributed by atoms with Gasteiger partial charge in [-0.1, -0.05) is 44.0 Å². The van der Waals surface area contributed by atoms with E-state index in [1.165, 1.54) is 11.1 Å². The zero-order chi connectivity index (χ0) is 15.0. The zero-order valence-corrected chi connectivity index (χ0v) is 14.6. The van der Waals surface area contributed by atoms with Gasteiger partial charge in [-0.05, 0) is 59.4 Å². The smallest absolute Gasteiger partial charge is 0.0569 e. The molecule has 0 saturated heterocycles. The Morgan fingerprint density at radius 1 is 0.857 bits per heavy atom. The van der Waals surface area contributed by atoms with Crippen LogP contribution < -0.4 is 0 Å². The standard InChI is InChI=1S/C17H16Br2O2/c18-11-2-4-13-14-5-3-12(19)9-16(14)17(10-21,6-1-7-20)15(13)8-11/h2-5,8-9,20-21H,1,6-7,10H2. The van der Waals surface area contributed by atoms with Crippen molar-refractivity contribution in [3.63, 3.8) is 0 Å². The van der Waals surface area contributed by atoms with Crippen LogP contribution in [0, 0.1) is 0 Å². The summed E-state index contributed by atoms with van der Waals surface area (Å²) in [4.78, 5) is 0. The molecule has 1 aliphatic carbocycles. The van der Waals surface area contributed by atoms with Crippen LogP contribution in [-0.4, -0.2) is 23.4 Å². The maximum atomic E-state index is 10.2. The summed E-state index contributed by atoms with van der Waals surface area (Å²) >= 11 is 7.07. The summed E-state index contributed by atoms with van der Waals surface area (Å²) in [5.41, 5.74) is 4.20. The lowest BCUT2D eigenvalue weighted by Gasteiger charge is -2.30. The Morgan fingerprint density at radius 2 is 1.38 bits per heavy atom. The Hall–Kier alpha value is -0.680. The minimum atomic E-state index is -0.430. The van der Waals surface area contributed by atoms with E-state index in [1.54, 1.807) is 0 Å².